The zero-order chi connectivity index (χ0) is 17.4. The number of fused-ring (bicyclic) bond motifs is 1. The average molecular weight is 338 g/mol. The fourth-order valence-corrected chi connectivity index (χ4v) is 3.07. The first-order valence-corrected chi connectivity index (χ1v) is 8.53. The normalized spacial score (nSPS) is 15.0. The summed E-state index contributed by atoms with van der Waals surface area (Å²) in [7, 11) is 1.75. The van der Waals surface area contributed by atoms with Crippen molar-refractivity contribution in [1.29, 1.82) is 0 Å². The topological polar surface area (TPSA) is 63.3 Å². The van der Waals surface area contributed by atoms with Crippen molar-refractivity contribution in [3.63, 3.8) is 0 Å². The number of hydrogen-bond acceptors (Lipinski definition) is 5. The van der Waals surface area contributed by atoms with Crippen molar-refractivity contribution in [3.05, 3.63) is 36.5 Å². The molecule has 0 bridgehead atoms. The van der Waals surface area contributed by atoms with Crippen LogP contribution in [0.3, 0.4) is 0 Å². The summed E-state index contributed by atoms with van der Waals surface area (Å²) in [6.45, 7) is 5.80. The lowest BCUT2D eigenvalue weighted by Gasteiger charge is -2.39. The van der Waals surface area contributed by atoms with Gasteiger partial charge in [-0.25, -0.2) is 4.98 Å². The number of hydrogen-bond donors (Lipinski definition) is 1. The summed E-state index contributed by atoms with van der Waals surface area (Å²) in [5, 5.41) is 8.66. The van der Waals surface area contributed by atoms with Gasteiger partial charge in [0, 0.05) is 37.3 Å². The van der Waals surface area contributed by atoms with Crippen molar-refractivity contribution < 1.29 is 9.47 Å². The highest BCUT2D eigenvalue weighted by Gasteiger charge is 2.27. The molecule has 0 amide bonds. The molecule has 1 saturated heterocycles. The van der Waals surface area contributed by atoms with Gasteiger partial charge < -0.3 is 14.4 Å². The molecule has 1 aliphatic rings. The van der Waals surface area contributed by atoms with Crippen LogP contribution in [0.25, 0.3) is 22.2 Å². The summed E-state index contributed by atoms with van der Waals surface area (Å²) in [6, 6.07) is 10.1. The molecule has 1 aliphatic heterocycles. The highest BCUT2D eigenvalue weighted by molar-refractivity contribution is 5.94. The van der Waals surface area contributed by atoms with Crippen molar-refractivity contribution in [2.75, 3.05) is 25.1 Å². The number of H-pyrrole nitrogens is 1. The van der Waals surface area contributed by atoms with Crippen LogP contribution in [0.4, 0.5) is 5.82 Å². The Balaban J connectivity index is 1.67. The lowest BCUT2D eigenvalue weighted by molar-refractivity contribution is 0.0783. The zero-order valence-electron chi connectivity index (χ0n) is 14.7. The molecule has 0 saturated carbocycles. The molecule has 0 spiro atoms. The summed E-state index contributed by atoms with van der Waals surface area (Å²) in [6.07, 6.45) is 2.27. The Labute approximate surface area is 146 Å². The van der Waals surface area contributed by atoms with Crippen LogP contribution in [0, 0.1) is 0 Å². The number of aromatic amines is 1. The summed E-state index contributed by atoms with van der Waals surface area (Å²) < 4.78 is 11.2. The SMILES string of the molecule is COC1CN(c2cc(-c3n[nH]c4ccc(OC(C)C)cc34)ccn2)C1. The summed E-state index contributed by atoms with van der Waals surface area (Å²) >= 11 is 0. The maximum atomic E-state index is 5.82. The second-order valence-corrected chi connectivity index (χ2v) is 6.61. The molecule has 2 aromatic heterocycles. The van der Waals surface area contributed by atoms with Crippen LogP contribution < -0.4 is 9.64 Å². The zero-order valence-corrected chi connectivity index (χ0v) is 14.7. The van der Waals surface area contributed by atoms with Gasteiger partial charge in [0.15, 0.2) is 0 Å². The van der Waals surface area contributed by atoms with Gasteiger partial charge in [0.25, 0.3) is 0 Å². The van der Waals surface area contributed by atoms with Crippen LogP contribution in [0.1, 0.15) is 13.8 Å². The Morgan fingerprint density at radius 3 is 2.80 bits per heavy atom. The molecule has 3 heterocycles. The van der Waals surface area contributed by atoms with Crippen molar-refractivity contribution in [2.24, 2.45) is 0 Å². The van der Waals surface area contributed by atoms with Crippen LogP contribution in [0.2, 0.25) is 0 Å². The molecule has 3 aromatic rings. The minimum Gasteiger partial charge on any atom is -0.491 e. The van der Waals surface area contributed by atoms with Gasteiger partial charge >= 0.3 is 0 Å². The average Bonchev–Trinajstić information content (AvgIpc) is 2.97. The van der Waals surface area contributed by atoms with E-state index >= 15 is 0 Å². The summed E-state index contributed by atoms with van der Waals surface area (Å²) in [5.74, 6) is 1.81. The van der Waals surface area contributed by atoms with E-state index in [4.69, 9.17) is 9.47 Å². The van der Waals surface area contributed by atoms with Crippen molar-refractivity contribution in [2.45, 2.75) is 26.1 Å². The molecule has 0 atom stereocenters. The maximum Gasteiger partial charge on any atom is 0.129 e. The van der Waals surface area contributed by atoms with Gasteiger partial charge in [-0.3, -0.25) is 5.10 Å². The number of benzene rings is 1. The minimum atomic E-state index is 0.139. The fourth-order valence-electron chi connectivity index (χ4n) is 3.07. The van der Waals surface area contributed by atoms with E-state index in [-0.39, 0.29) is 6.10 Å². The third kappa shape index (κ3) is 3.05. The molecule has 130 valence electrons. The third-order valence-corrected chi connectivity index (χ3v) is 4.43. The number of rotatable bonds is 5. The van der Waals surface area contributed by atoms with E-state index in [9.17, 15) is 0 Å². The van der Waals surface area contributed by atoms with Crippen molar-refractivity contribution in [1.82, 2.24) is 15.2 Å². The van der Waals surface area contributed by atoms with Crippen LogP contribution in [-0.4, -0.2) is 47.6 Å². The Morgan fingerprint density at radius 1 is 1.20 bits per heavy atom. The second-order valence-electron chi connectivity index (χ2n) is 6.61. The van der Waals surface area contributed by atoms with Crippen LogP contribution in [0.5, 0.6) is 5.75 Å². The van der Waals surface area contributed by atoms with Crippen LogP contribution in [0.15, 0.2) is 36.5 Å². The van der Waals surface area contributed by atoms with Gasteiger partial charge in [-0.2, -0.15) is 5.10 Å². The quantitative estimate of drug-likeness (QED) is 0.774. The Hall–Kier alpha value is -2.60. The molecule has 6 nitrogen and oxygen atoms in total. The first kappa shape index (κ1) is 15.9. The smallest absolute Gasteiger partial charge is 0.129 e. The van der Waals surface area contributed by atoms with Gasteiger partial charge in [0.2, 0.25) is 0 Å². The molecular formula is C19H22N4O2. The van der Waals surface area contributed by atoms with E-state index in [1.807, 2.05) is 44.3 Å². The lowest BCUT2D eigenvalue weighted by Crippen LogP contribution is -2.52. The Kier molecular flexibility index (Phi) is 4.05. The number of ether oxygens (including phenoxy) is 2. The lowest BCUT2D eigenvalue weighted by atomic mass is 10.1. The molecule has 0 aliphatic carbocycles. The standard InChI is InChI=1S/C19H22N4O2/c1-12(2)25-14-4-5-17-16(9-14)19(22-21-17)13-6-7-20-18(8-13)23-10-15(11-23)24-3/h4-9,12,15H,10-11H2,1-3H3,(H,21,22). The first-order valence-electron chi connectivity index (χ1n) is 8.53. The third-order valence-electron chi connectivity index (χ3n) is 4.43. The molecule has 4 rings (SSSR count). The van der Waals surface area contributed by atoms with Gasteiger partial charge in [0.05, 0.1) is 17.7 Å². The predicted molar refractivity (Wildman–Crippen MR) is 98.1 cm³/mol. The molecule has 1 N–H and O–H groups in total. The largest absolute Gasteiger partial charge is 0.491 e. The van der Waals surface area contributed by atoms with E-state index in [0.717, 1.165) is 46.8 Å². The number of nitrogens with zero attached hydrogens (tertiary/aromatic N) is 3. The fraction of sp³-hybridized carbons (Fsp3) is 0.368. The van der Waals surface area contributed by atoms with Gasteiger partial charge in [0.1, 0.15) is 17.3 Å². The van der Waals surface area contributed by atoms with E-state index in [0.29, 0.717) is 6.10 Å². The predicted octanol–water partition coefficient (Wildman–Crippen LogP) is 3.25. The number of pyridine rings is 1. The van der Waals surface area contributed by atoms with E-state index in [1.54, 1.807) is 7.11 Å². The van der Waals surface area contributed by atoms with Crippen LogP contribution in [-0.2, 0) is 4.74 Å². The van der Waals surface area contributed by atoms with Crippen LogP contribution >= 0.6 is 0 Å². The second kappa shape index (κ2) is 6.37. The number of anilines is 1. The molecule has 25 heavy (non-hydrogen) atoms. The Morgan fingerprint density at radius 2 is 2.04 bits per heavy atom. The summed E-state index contributed by atoms with van der Waals surface area (Å²) in [4.78, 5) is 6.69. The minimum absolute atomic E-state index is 0.139. The monoisotopic (exact) mass is 338 g/mol. The molecule has 6 heteroatoms. The first-order chi connectivity index (χ1) is 12.1. The van der Waals surface area contributed by atoms with E-state index in [2.05, 4.69) is 26.1 Å². The molecule has 1 fully saturated rings. The van der Waals surface area contributed by atoms with Gasteiger partial charge in [-0.15, -0.1) is 0 Å². The number of nitrogens with one attached hydrogen (secondary N) is 1. The highest BCUT2D eigenvalue weighted by Crippen LogP contribution is 2.31. The summed E-state index contributed by atoms with van der Waals surface area (Å²) in [5.41, 5.74) is 2.95. The highest BCUT2D eigenvalue weighted by atomic mass is 16.5. The number of methoxy groups -OCH3 is 1. The van der Waals surface area contributed by atoms with E-state index in [1.165, 1.54) is 0 Å². The molecule has 1 aromatic carbocycles. The van der Waals surface area contributed by atoms with Gasteiger partial charge in [-0.1, -0.05) is 0 Å². The molecular weight excluding hydrogens is 316 g/mol. The molecule has 0 radical (unpaired) electrons. The molecule has 0 unspecified atom stereocenters. The van der Waals surface area contributed by atoms with Gasteiger partial charge in [-0.05, 0) is 44.2 Å². The van der Waals surface area contributed by atoms with Crippen molar-refractivity contribution in [3.8, 4) is 17.0 Å². The number of aromatic nitrogens is 3. The maximum absolute atomic E-state index is 5.82. The van der Waals surface area contributed by atoms with E-state index < -0.39 is 0 Å². The van der Waals surface area contributed by atoms with Crippen molar-refractivity contribution >= 4 is 16.7 Å². The Bertz CT molecular complexity index is 884.